The maximum Gasteiger partial charge on any atom is 0.346 e. The van der Waals surface area contributed by atoms with Gasteiger partial charge in [0.05, 0.1) is 0 Å². The Hall–Kier alpha value is -1.88. The Morgan fingerprint density at radius 2 is 2.10 bits per heavy atom. The number of urea groups is 1. The van der Waals surface area contributed by atoms with Gasteiger partial charge >= 0.3 is 6.03 Å². The van der Waals surface area contributed by atoms with Gasteiger partial charge in [0, 0.05) is 30.4 Å². The summed E-state index contributed by atoms with van der Waals surface area (Å²) in [6.07, 6.45) is 4.13. The molecular formula is C15H17N3OS. The number of hydrogen-bond donors (Lipinski definition) is 0. The molecule has 1 fully saturated rings. The van der Waals surface area contributed by atoms with Crippen LogP contribution in [-0.4, -0.2) is 28.6 Å². The SMILES string of the molecule is Cc1cccc(-n2ccs/c2=N\C(=O)N2CCCC2)c1. The van der Waals surface area contributed by atoms with Crippen molar-refractivity contribution in [2.24, 2.45) is 4.99 Å². The minimum atomic E-state index is -0.119. The van der Waals surface area contributed by atoms with Gasteiger partial charge in [0.15, 0.2) is 4.80 Å². The molecule has 5 heteroatoms. The average Bonchev–Trinajstić information content (AvgIpc) is 3.09. The number of aromatic nitrogens is 1. The zero-order valence-electron chi connectivity index (χ0n) is 11.5. The zero-order chi connectivity index (χ0) is 13.9. The lowest BCUT2D eigenvalue weighted by Gasteiger charge is -2.10. The van der Waals surface area contributed by atoms with Crippen LogP contribution in [0.15, 0.2) is 40.8 Å². The van der Waals surface area contributed by atoms with Crippen molar-refractivity contribution >= 4 is 17.4 Å². The van der Waals surface area contributed by atoms with Crippen LogP contribution in [0, 0.1) is 6.92 Å². The van der Waals surface area contributed by atoms with Gasteiger partial charge in [0.2, 0.25) is 0 Å². The van der Waals surface area contributed by atoms with Crippen LogP contribution < -0.4 is 4.80 Å². The molecule has 1 aromatic heterocycles. The van der Waals surface area contributed by atoms with Crippen molar-refractivity contribution in [2.45, 2.75) is 19.8 Å². The van der Waals surface area contributed by atoms with Crippen molar-refractivity contribution in [3.05, 3.63) is 46.2 Å². The predicted molar refractivity (Wildman–Crippen MR) is 80.1 cm³/mol. The van der Waals surface area contributed by atoms with Crippen molar-refractivity contribution < 1.29 is 4.79 Å². The van der Waals surface area contributed by atoms with E-state index in [2.05, 4.69) is 24.0 Å². The Balaban J connectivity index is 1.95. The maximum atomic E-state index is 12.1. The average molecular weight is 287 g/mol. The van der Waals surface area contributed by atoms with Crippen LogP contribution >= 0.6 is 11.3 Å². The molecule has 1 aliphatic heterocycles. The van der Waals surface area contributed by atoms with Crippen LogP contribution in [0.4, 0.5) is 4.79 Å². The molecule has 20 heavy (non-hydrogen) atoms. The second-order valence-corrected chi connectivity index (χ2v) is 5.86. The standard InChI is InChI=1S/C15H17N3OS/c1-12-5-4-6-13(11-12)18-9-10-20-15(18)16-14(19)17-7-2-3-8-17/h4-6,9-11H,2-3,7-8H2,1H3/b16-15-. The van der Waals surface area contributed by atoms with Gasteiger partial charge in [0.1, 0.15) is 0 Å². The van der Waals surface area contributed by atoms with Crippen LogP contribution in [0.25, 0.3) is 5.69 Å². The summed E-state index contributed by atoms with van der Waals surface area (Å²) in [6.45, 7) is 3.72. The summed E-state index contributed by atoms with van der Waals surface area (Å²) >= 11 is 1.49. The van der Waals surface area contributed by atoms with E-state index in [9.17, 15) is 4.79 Å². The largest absolute Gasteiger partial charge is 0.346 e. The van der Waals surface area contributed by atoms with E-state index in [0.717, 1.165) is 36.4 Å². The molecule has 0 radical (unpaired) electrons. The lowest BCUT2D eigenvalue weighted by molar-refractivity contribution is 0.218. The lowest BCUT2D eigenvalue weighted by atomic mass is 10.2. The zero-order valence-corrected chi connectivity index (χ0v) is 12.3. The van der Waals surface area contributed by atoms with E-state index in [4.69, 9.17) is 0 Å². The molecule has 0 N–H and O–H groups in total. The fourth-order valence-corrected chi connectivity index (χ4v) is 3.10. The molecule has 2 amide bonds. The van der Waals surface area contributed by atoms with Crippen molar-refractivity contribution in [3.8, 4) is 5.69 Å². The summed E-state index contributed by atoms with van der Waals surface area (Å²) in [5.41, 5.74) is 2.23. The summed E-state index contributed by atoms with van der Waals surface area (Å²) in [5, 5.41) is 1.96. The van der Waals surface area contributed by atoms with Crippen LogP contribution in [0.3, 0.4) is 0 Å². The Morgan fingerprint density at radius 1 is 1.30 bits per heavy atom. The maximum absolute atomic E-state index is 12.1. The highest BCUT2D eigenvalue weighted by Crippen LogP contribution is 2.10. The monoisotopic (exact) mass is 287 g/mol. The van der Waals surface area contributed by atoms with Gasteiger partial charge in [-0.15, -0.1) is 11.3 Å². The molecule has 2 heterocycles. The van der Waals surface area contributed by atoms with Gasteiger partial charge in [-0.25, -0.2) is 4.79 Å². The first kappa shape index (κ1) is 13.1. The van der Waals surface area contributed by atoms with Gasteiger partial charge in [-0.3, -0.25) is 4.57 Å². The number of aryl methyl sites for hydroxylation is 1. The van der Waals surface area contributed by atoms with Gasteiger partial charge in [-0.05, 0) is 37.5 Å². The molecular weight excluding hydrogens is 270 g/mol. The third-order valence-electron chi connectivity index (χ3n) is 3.44. The van der Waals surface area contributed by atoms with E-state index in [-0.39, 0.29) is 6.03 Å². The molecule has 0 atom stereocenters. The number of likely N-dealkylation sites (tertiary alicyclic amines) is 1. The third kappa shape index (κ3) is 2.67. The van der Waals surface area contributed by atoms with E-state index < -0.39 is 0 Å². The number of benzene rings is 1. The molecule has 4 nitrogen and oxygen atoms in total. The Kier molecular flexibility index (Phi) is 3.69. The molecule has 2 aromatic rings. The van der Waals surface area contributed by atoms with Crippen molar-refractivity contribution in [1.82, 2.24) is 9.47 Å². The van der Waals surface area contributed by atoms with Crippen molar-refractivity contribution in [2.75, 3.05) is 13.1 Å². The topological polar surface area (TPSA) is 37.6 Å². The van der Waals surface area contributed by atoms with Gasteiger partial charge in [0.25, 0.3) is 0 Å². The smallest absolute Gasteiger partial charge is 0.323 e. The molecule has 1 saturated heterocycles. The highest BCUT2D eigenvalue weighted by molar-refractivity contribution is 7.07. The molecule has 1 aromatic carbocycles. The highest BCUT2D eigenvalue weighted by atomic mass is 32.1. The lowest BCUT2D eigenvalue weighted by Crippen LogP contribution is -2.27. The highest BCUT2D eigenvalue weighted by Gasteiger charge is 2.17. The third-order valence-corrected chi connectivity index (χ3v) is 4.19. The number of thiazole rings is 1. The number of carbonyl (C=O) groups is 1. The fraction of sp³-hybridized carbons (Fsp3) is 0.333. The predicted octanol–water partition coefficient (Wildman–Crippen LogP) is 2.96. The van der Waals surface area contributed by atoms with E-state index in [1.807, 2.05) is 33.2 Å². The molecule has 3 rings (SSSR count). The summed E-state index contributed by atoms with van der Waals surface area (Å²) < 4.78 is 1.96. The van der Waals surface area contributed by atoms with Crippen LogP contribution in [0.5, 0.6) is 0 Å². The fourth-order valence-electron chi connectivity index (χ4n) is 2.39. The normalized spacial score (nSPS) is 15.8. The van der Waals surface area contributed by atoms with Gasteiger partial charge in [-0.2, -0.15) is 4.99 Å². The van der Waals surface area contributed by atoms with E-state index >= 15 is 0 Å². The van der Waals surface area contributed by atoms with Crippen molar-refractivity contribution in [1.29, 1.82) is 0 Å². The summed E-state index contributed by atoms with van der Waals surface area (Å²) in [6, 6.07) is 8.07. The minimum absolute atomic E-state index is 0.119. The second-order valence-electron chi connectivity index (χ2n) is 4.98. The number of nitrogens with zero attached hydrogens (tertiary/aromatic N) is 3. The van der Waals surface area contributed by atoms with Crippen LogP contribution in [0.2, 0.25) is 0 Å². The Labute approximate surface area is 122 Å². The number of hydrogen-bond acceptors (Lipinski definition) is 2. The van der Waals surface area contributed by atoms with Crippen LogP contribution in [-0.2, 0) is 0 Å². The number of amides is 2. The van der Waals surface area contributed by atoms with E-state index in [0.29, 0.717) is 0 Å². The Bertz CT molecular complexity index is 680. The van der Waals surface area contributed by atoms with Gasteiger partial charge in [-0.1, -0.05) is 12.1 Å². The second kappa shape index (κ2) is 5.63. The molecule has 0 saturated carbocycles. The molecule has 1 aliphatic rings. The van der Waals surface area contributed by atoms with E-state index in [1.54, 1.807) is 0 Å². The Morgan fingerprint density at radius 3 is 2.85 bits per heavy atom. The minimum Gasteiger partial charge on any atom is -0.323 e. The molecule has 104 valence electrons. The van der Waals surface area contributed by atoms with Crippen molar-refractivity contribution in [3.63, 3.8) is 0 Å². The summed E-state index contributed by atoms with van der Waals surface area (Å²) in [5.74, 6) is 0. The molecule has 0 bridgehead atoms. The quantitative estimate of drug-likeness (QED) is 0.794. The first-order valence-corrected chi connectivity index (χ1v) is 7.69. The molecule has 0 spiro atoms. The molecule has 0 aliphatic carbocycles. The van der Waals surface area contributed by atoms with E-state index in [1.165, 1.54) is 16.9 Å². The first-order chi connectivity index (χ1) is 9.74. The van der Waals surface area contributed by atoms with Gasteiger partial charge < -0.3 is 4.90 Å². The number of carbonyl (C=O) groups excluding carboxylic acids is 1. The number of rotatable bonds is 1. The molecule has 0 unspecified atom stereocenters. The van der Waals surface area contributed by atoms with Crippen LogP contribution in [0.1, 0.15) is 18.4 Å². The first-order valence-electron chi connectivity index (χ1n) is 6.81. The summed E-state index contributed by atoms with van der Waals surface area (Å²) in [4.78, 5) is 18.9. The summed E-state index contributed by atoms with van der Waals surface area (Å²) in [7, 11) is 0.